The lowest BCUT2D eigenvalue weighted by atomic mass is 10.1. The van der Waals surface area contributed by atoms with E-state index in [1.165, 1.54) is 44.6 Å². The summed E-state index contributed by atoms with van der Waals surface area (Å²) in [6.45, 7) is 1.68. The number of allylic oxidation sites excluding steroid dienone is 1. The lowest BCUT2D eigenvalue weighted by molar-refractivity contribution is 0.0726. The van der Waals surface area contributed by atoms with E-state index in [1.807, 2.05) is 0 Å². The molecule has 0 aromatic heterocycles. The van der Waals surface area contributed by atoms with Crippen molar-refractivity contribution < 1.29 is 32.9 Å². The van der Waals surface area contributed by atoms with Crippen molar-refractivity contribution in [3.63, 3.8) is 0 Å². The number of esters is 1. The summed E-state index contributed by atoms with van der Waals surface area (Å²) in [5.74, 6) is -0.252. The fourth-order valence-corrected chi connectivity index (χ4v) is 3.43. The van der Waals surface area contributed by atoms with Gasteiger partial charge >= 0.3 is 5.97 Å². The molecule has 0 amide bonds. The highest BCUT2D eigenvalue weighted by Crippen LogP contribution is 2.40. The predicted octanol–water partition coefficient (Wildman–Crippen LogP) is 4.99. The summed E-state index contributed by atoms with van der Waals surface area (Å²) in [4.78, 5) is 25.6. The van der Waals surface area contributed by atoms with E-state index in [1.54, 1.807) is 37.3 Å². The first-order chi connectivity index (χ1) is 15.4. The highest BCUT2D eigenvalue weighted by Gasteiger charge is 2.31. The Labute approximate surface area is 183 Å². The molecule has 0 saturated heterocycles. The van der Waals surface area contributed by atoms with E-state index < -0.39 is 11.8 Å². The van der Waals surface area contributed by atoms with Gasteiger partial charge < -0.3 is 18.9 Å². The van der Waals surface area contributed by atoms with Crippen LogP contribution in [0, 0.1) is 12.7 Å². The molecule has 0 bridgehead atoms. The fraction of sp³-hybridized carbons (Fsp3) is 0.120. The highest BCUT2D eigenvalue weighted by atomic mass is 19.1. The molecule has 162 valence electrons. The largest absolute Gasteiger partial charge is 0.496 e. The molecule has 0 unspecified atom stereocenters. The molecular weight excluding hydrogens is 415 g/mol. The lowest BCUT2D eigenvalue weighted by Crippen LogP contribution is -2.12. The van der Waals surface area contributed by atoms with Crippen LogP contribution < -0.4 is 18.9 Å². The van der Waals surface area contributed by atoms with Crippen LogP contribution in [0.5, 0.6) is 23.0 Å². The van der Waals surface area contributed by atoms with Crippen molar-refractivity contribution in [2.45, 2.75) is 6.92 Å². The second-order valence-electron chi connectivity index (χ2n) is 6.99. The van der Waals surface area contributed by atoms with Gasteiger partial charge in [-0.3, -0.25) is 4.79 Å². The summed E-state index contributed by atoms with van der Waals surface area (Å²) in [5, 5.41) is 0. The van der Waals surface area contributed by atoms with Gasteiger partial charge in [-0.25, -0.2) is 9.18 Å². The van der Waals surface area contributed by atoms with Crippen LogP contribution in [0.15, 0.2) is 60.4 Å². The van der Waals surface area contributed by atoms with E-state index in [-0.39, 0.29) is 28.6 Å². The predicted molar refractivity (Wildman–Crippen MR) is 115 cm³/mol. The summed E-state index contributed by atoms with van der Waals surface area (Å²) in [5.41, 5.74) is 1.44. The van der Waals surface area contributed by atoms with Gasteiger partial charge in [0.1, 0.15) is 34.4 Å². The number of halogens is 1. The van der Waals surface area contributed by atoms with Crippen LogP contribution in [-0.4, -0.2) is 26.0 Å². The third-order valence-electron chi connectivity index (χ3n) is 5.02. The van der Waals surface area contributed by atoms with E-state index in [4.69, 9.17) is 18.9 Å². The monoisotopic (exact) mass is 434 g/mol. The van der Waals surface area contributed by atoms with E-state index >= 15 is 0 Å². The molecular formula is C25H19FO6. The Hall–Kier alpha value is -4.13. The number of benzene rings is 3. The highest BCUT2D eigenvalue weighted by molar-refractivity contribution is 6.15. The Morgan fingerprint density at radius 2 is 1.66 bits per heavy atom. The van der Waals surface area contributed by atoms with Gasteiger partial charge in [0.05, 0.1) is 19.8 Å². The van der Waals surface area contributed by atoms with Gasteiger partial charge in [0.25, 0.3) is 0 Å². The number of methoxy groups -OCH3 is 2. The molecule has 0 radical (unpaired) electrons. The topological polar surface area (TPSA) is 71.1 Å². The minimum Gasteiger partial charge on any atom is -0.496 e. The average molecular weight is 434 g/mol. The molecule has 0 N–H and O–H groups in total. The summed E-state index contributed by atoms with van der Waals surface area (Å²) in [6.07, 6.45) is 1.47. The summed E-state index contributed by atoms with van der Waals surface area (Å²) in [6, 6.07) is 13.8. The molecule has 0 atom stereocenters. The van der Waals surface area contributed by atoms with E-state index in [2.05, 4.69) is 0 Å². The normalized spacial score (nSPS) is 13.5. The molecule has 1 heterocycles. The molecule has 6 nitrogen and oxygen atoms in total. The van der Waals surface area contributed by atoms with Crippen molar-refractivity contribution in [1.29, 1.82) is 0 Å². The van der Waals surface area contributed by atoms with Crippen LogP contribution in [0.25, 0.3) is 6.08 Å². The maximum absolute atomic E-state index is 13.5. The van der Waals surface area contributed by atoms with Crippen molar-refractivity contribution in [2.75, 3.05) is 14.2 Å². The standard InChI is InChI=1S/C25H19FO6/c1-14-18(32-25(28)22-19(29-2)8-5-9-20(22)30-3)11-10-17-23(27)21(31-24(14)17)13-15-6-4-7-16(26)12-15/h4-13H,1-3H3/b21-13-. The van der Waals surface area contributed by atoms with E-state index in [9.17, 15) is 14.0 Å². The van der Waals surface area contributed by atoms with E-state index in [0.717, 1.165) is 0 Å². The van der Waals surface area contributed by atoms with Crippen molar-refractivity contribution in [1.82, 2.24) is 0 Å². The number of carbonyl (C=O) groups is 2. The second kappa shape index (κ2) is 8.55. The van der Waals surface area contributed by atoms with Gasteiger partial charge in [0.15, 0.2) is 5.76 Å². The number of hydrogen-bond donors (Lipinski definition) is 0. The molecule has 0 fully saturated rings. The minimum atomic E-state index is -0.679. The third kappa shape index (κ3) is 3.80. The second-order valence-corrected chi connectivity index (χ2v) is 6.99. The molecule has 3 aromatic rings. The van der Waals surface area contributed by atoms with Crippen LogP contribution >= 0.6 is 0 Å². The number of rotatable bonds is 5. The molecule has 0 aliphatic carbocycles. The van der Waals surface area contributed by atoms with Crippen LogP contribution in [0.4, 0.5) is 4.39 Å². The maximum Gasteiger partial charge on any atom is 0.351 e. The molecule has 1 aliphatic rings. The van der Waals surface area contributed by atoms with Crippen molar-refractivity contribution in [3.8, 4) is 23.0 Å². The number of fused-ring (bicyclic) bond motifs is 1. The zero-order chi connectivity index (χ0) is 22.8. The van der Waals surface area contributed by atoms with Crippen molar-refractivity contribution in [2.24, 2.45) is 0 Å². The number of hydrogen-bond acceptors (Lipinski definition) is 6. The molecule has 0 saturated carbocycles. The fourth-order valence-electron chi connectivity index (χ4n) is 3.43. The molecule has 7 heteroatoms. The van der Waals surface area contributed by atoms with Gasteiger partial charge in [-0.05, 0) is 55.0 Å². The van der Waals surface area contributed by atoms with Gasteiger partial charge in [0, 0.05) is 5.56 Å². The quantitative estimate of drug-likeness (QED) is 0.320. The first-order valence-electron chi connectivity index (χ1n) is 9.69. The van der Waals surface area contributed by atoms with Crippen LogP contribution in [0.1, 0.15) is 31.8 Å². The van der Waals surface area contributed by atoms with E-state index in [0.29, 0.717) is 28.2 Å². The molecule has 1 aliphatic heterocycles. The van der Waals surface area contributed by atoms with Crippen molar-refractivity contribution in [3.05, 3.63) is 88.4 Å². The Morgan fingerprint density at radius 1 is 0.969 bits per heavy atom. The average Bonchev–Trinajstić information content (AvgIpc) is 3.11. The Balaban J connectivity index is 1.65. The Morgan fingerprint density at radius 3 is 2.31 bits per heavy atom. The van der Waals surface area contributed by atoms with Crippen LogP contribution in [0.2, 0.25) is 0 Å². The lowest BCUT2D eigenvalue weighted by Gasteiger charge is -2.14. The van der Waals surface area contributed by atoms with Gasteiger partial charge in [-0.2, -0.15) is 0 Å². The Bertz CT molecular complexity index is 1240. The zero-order valence-corrected chi connectivity index (χ0v) is 17.6. The number of carbonyl (C=O) groups excluding carboxylic acids is 2. The summed E-state index contributed by atoms with van der Waals surface area (Å²) >= 11 is 0. The summed E-state index contributed by atoms with van der Waals surface area (Å²) in [7, 11) is 2.89. The van der Waals surface area contributed by atoms with Gasteiger partial charge in [0.2, 0.25) is 5.78 Å². The van der Waals surface area contributed by atoms with Crippen LogP contribution in [0.3, 0.4) is 0 Å². The third-order valence-corrected chi connectivity index (χ3v) is 5.02. The molecule has 4 rings (SSSR count). The van der Waals surface area contributed by atoms with Crippen molar-refractivity contribution >= 4 is 17.8 Å². The summed E-state index contributed by atoms with van der Waals surface area (Å²) < 4.78 is 35.3. The maximum atomic E-state index is 13.5. The molecule has 32 heavy (non-hydrogen) atoms. The number of ketones is 1. The van der Waals surface area contributed by atoms with Crippen LogP contribution in [-0.2, 0) is 0 Å². The van der Waals surface area contributed by atoms with Gasteiger partial charge in [-0.15, -0.1) is 0 Å². The smallest absolute Gasteiger partial charge is 0.351 e. The SMILES string of the molecule is COc1cccc(OC)c1C(=O)Oc1ccc2c(c1C)O/C(=C\c1cccc(F)c1)C2=O. The van der Waals surface area contributed by atoms with Gasteiger partial charge in [-0.1, -0.05) is 18.2 Å². The number of ether oxygens (including phenoxy) is 4. The minimum absolute atomic E-state index is 0.0589. The zero-order valence-electron chi connectivity index (χ0n) is 17.6. The first kappa shape index (κ1) is 21.1. The number of Topliss-reactive ketones (excluding diaryl/α,β-unsaturated/α-hetero) is 1. The molecule has 3 aromatic carbocycles. The molecule has 0 spiro atoms. The first-order valence-corrected chi connectivity index (χ1v) is 9.69. The Kier molecular flexibility index (Phi) is 5.64.